The van der Waals surface area contributed by atoms with Gasteiger partial charge >= 0.3 is 0 Å². The van der Waals surface area contributed by atoms with Gasteiger partial charge in [-0.05, 0) is 79.1 Å². The van der Waals surface area contributed by atoms with Crippen molar-refractivity contribution in [2.45, 2.75) is 201 Å². The zero-order chi connectivity index (χ0) is 38.3. The second-order valence-electron chi connectivity index (χ2n) is 17.0. The maximum atomic E-state index is 9.67. The Labute approximate surface area is 307 Å². The second-order valence-corrected chi connectivity index (χ2v) is 17.0. The molecule has 12 N–H and O–H groups in total. The van der Waals surface area contributed by atoms with Crippen LogP contribution >= 0.6 is 0 Å². The third kappa shape index (κ3) is 8.67. The van der Waals surface area contributed by atoms with Gasteiger partial charge in [0.1, 0.15) is 0 Å². The number of nitrogens with zero attached hydrogens (tertiary/aromatic N) is 4. The van der Waals surface area contributed by atoms with E-state index in [4.69, 9.17) is 0 Å². The topological polar surface area (TPSA) is 256 Å². The highest BCUT2D eigenvalue weighted by Crippen LogP contribution is 2.34. The van der Waals surface area contributed by atoms with Gasteiger partial charge in [0.2, 0.25) is 0 Å². The Balaban J connectivity index is 0.000000134. The van der Waals surface area contributed by atoms with Gasteiger partial charge in [0.25, 0.3) is 0 Å². The first-order valence-electron chi connectivity index (χ1n) is 19.6. The van der Waals surface area contributed by atoms with E-state index in [1.807, 2.05) is 19.6 Å². The molecular formula is C36H68N4O12. The van der Waals surface area contributed by atoms with Crippen LogP contribution in [-0.4, -0.2) is 229 Å². The van der Waals surface area contributed by atoms with Crippen LogP contribution in [0.15, 0.2) is 0 Å². The summed E-state index contributed by atoms with van der Waals surface area (Å²) in [7, 11) is 0. The molecule has 8 aliphatic rings. The number of rotatable bonds is 0. The highest BCUT2D eigenvalue weighted by atomic mass is 16.4. The third-order valence-corrected chi connectivity index (χ3v) is 13.5. The Morgan fingerprint density at radius 3 is 0.596 bits per heavy atom. The van der Waals surface area contributed by atoms with Crippen molar-refractivity contribution in [3.8, 4) is 0 Å². The van der Waals surface area contributed by atoms with Crippen LogP contribution in [0.5, 0.6) is 0 Å². The van der Waals surface area contributed by atoms with Gasteiger partial charge in [0.15, 0.2) is 0 Å². The Bertz CT molecular complexity index is 965. The minimum Gasteiger partial charge on any atom is -0.391 e. The molecule has 16 nitrogen and oxygen atoms in total. The summed E-state index contributed by atoms with van der Waals surface area (Å²) in [6.07, 6.45) is -1.15. The summed E-state index contributed by atoms with van der Waals surface area (Å²) in [6.45, 7) is 10.3. The molecule has 0 amide bonds. The predicted molar refractivity (Wildman–Crippen MR) is 189 cm³/mol. The maximum absolute atomic E-state index is 9.67. The number of hydrogen-bond donors (Lipinski definition) is 12. The molecule has 0 spiro atoms. The fourth-order valence-corrected chi connectivity index (χ4v) is 10.2. The van der Waals surface area contributed by atoms with E-state index in [1.54, 1.807) is 0 Å². The van der Waals surface area contributed by atoms with E-state index in [-0.39, 0.29) is 24.2 Å². The lowest BCUT2D eigenvalue weighted by Crippen LogP contribution is -2.52. The Morgan fingerprint density at radius 2 is 0.442 bits per heavy atom. The van der Waals surface area contributed by atoms with Crippen LogP contribution in [-0.2, 0) is 0 Å². The van der Waals surface area contributed by atoms with E-state index in [2.05, 4.69) is 27.7 Å². The van der Waals surface area contributed by atoms with Crippen LogP contribution in [0.25, 0.3) is 0 Å². The quantitative estimate of drug-likeness (QED) is 0.112. The van der Waals surface area contributed by atoms with Crippen molar-refractivity contribution >= 4 is 0 Å². The average molecular weight is 749 g/mol. The molecule has 8 fully saturated rings. The van der Waals surface area contributed by atoms with Crippen molar-refractivity contribution in [3.63, 3.8) is 0 Å². The molecule has 0 aromatic carbocycles. The monoisotopic (exact) mass is 748 g/mol. The molecular weight excluding hydrogens is 680 g/mol. The first kappa shape index (κ1) is 42.5. The van der Waals surface area contributed by atoms with Crippen molar-refractivity contribution in [1.82, 2.24) is 19.6 Å². The van der Waals surface area contributed by atoms with Gasteiger partial charge in [-0.3, -0.25) is 19.6 Å². The van der Waals surface area contributed by atoms with Gasteiger partial charge in [-0.2, -0.15) is 0 Å². The number of piperidine rings is 4. The van der Waals surface area contributed by atoms with Gasteiger partial charge in [-0.1, -0.05) is 0 Å². The molecule has 6 unspecified atom stereocenters. The van der Waals surface area contributed by atoms with E-state index < -0.39 is 73.2 Å². The van der Waals surface area contributed by atoms with Gasteiger partial charge in [0, 0.05) is 50.3 Å². The van der Waals surface area contributed by atoms with E-state index in [0.29, 0.717) is 50.3 Å². The molecule has 304 valence electrons. The lowest BCUT2D eigenvalue weighted by molar-refractivity contribution is -0.0423. The largest absolute Gasteiger partial charge is 0.391 e. The Hall–Kier alpha value is -0.640. The van der Waals surface area contributed by atoms with Gasteiger partial charge in [0.05, 0.1) is 97.4 Å². The molecule has 8 rings (SSSR count). The van der Waals surface area contributed by atoms with Crippen LogP contribution in [0.2, 0.25) is 0 Å². The summed E-state index contributed by atoms with van der Waals surface area (Å²) in [5, 5.41) is 115. The van der Waals surface area contributed by atoms with Gasteiger partial charge in [-0.25, -0.2) is 0 Å². The van der Waals surface area contributed by atoms with E-state index in [9.17, 15) is 61.3 Å². The molecule has 0 aromatic rings. The lowest BCUT2D eigenvalue weighted by Gasteiger charge is -2.39. The van der Waals surface area contributed by atoms with Gasteiger partial charge in [-0.15, -0.1) is 0 Å². The highest BCUT2D eigenvalue weighted by Gasteiger charge is 2.50. The molecule has 8 aliphatic heterocycles. The molecule has 0 aromatic heterocycles. The van der Waals surface area contributed by atoms with Crippen LogP contribution < -0.4 is 0 Å². The summed E-state index contributed by atoms with van der Waals surface area (Å²) in [5.74, 6) is 0. The van der Waals surface area contributed by atoms with Crippen LogP contribution in [0, 0.1) is 0 Å². The fraction of sp³-hybridized carbons (Fsp3) is 1.00. The molecule has 20 atom stereocenters. The molecule has 0 aliphatic carbocycles. The first-order valence-corrected chi connectivity index (χ1v) is 19.6. The van der Waals surface area contributed by atoms with Crippen molar-refractivity contribution in [2.24, 2.45) is 0 Å². The standard InChI is InChI=1S/4C9H17NO3/c4*1-5-2-3-6(11)8-9(13)7(12)4-10(5)8/h4*5-9,11-13H,2-4H2,1H3/t2*5?,6?,7-,8+,9?;2*5-,6+,7-,8+,9-/m0011/s1. The fourth-order valence-electron chi connectivity index (χ4n) is 10.2. The molecule has 0 bridgehead atoms. The summed E-state index contributed by atoms with van der Waals surface area (Å²) < 4.78 is 0. The van der Waals surface area contributed by atoms with E-state index in [1.165, 1.54) is 0 Å². The number of aliphatic hydroxyl groups is 12. The highest BCUT2D eigenvalue weighted by molar-refractivity contribution is 5.04. The number of aliphatic hydroxyl groups excluding tert-OH is 12. The van der Waals surface area contributed by atoms with Crippen LogP contribution in [0.3, 0.4) is 0 Å². The van der Waals surface area contributed by atoms with Crippen LogP contribution in [0.4, 0.5) is 0 Å². The molecule has 0 radical (unpaired) electrons. The number of fused-ring (bicyclic) bond motifs is 4. The maximum Gasteiger partial charge on any atom is 0.0991 e. The number of hydrogen-bond acceptors (Lipinski definition) is 16. The smallest absolute Gasteiger partial charge is 0.0991 e. The molecule has 0 saturated carbocycles. The Morgan fingerprint density at radius 1 is 0.269 bits per heavy atom. The van der Waals surface area contributed by atoms with Crippen molar-refractivity contribution in [2.75, 3.05) is 26.2 Å². The zero-order valence-corrected chi connectivity index (χ0v) is 31.2. The van der Waals surface area contributed by atoms with Crippen molar-refractivity contribution in [1.29, 1.82) is 0 Å². The summed E-state index contributed by atoms with van der Waals surface area (Å²) >= 11 is 0. The van der Waals surface area contributed by atoms with E-state index >= 15 is 0 Å². The minimum absolute atomic E-state index is 0.251. The van der Waals surface area contributed by atoms with Crippen molar-refractivity contribution in [3.05, 3.63) is 0 Å². The molecule has 16 heteroatoms. The lowest BCUT2D eigenvalue weighted by atomic mass is 9.93. The normalized spacial score (nSPS) is 52.2. The molecule has 52 heavy (non-hydrogen) atoms. The van der Waals surface area contributed by atoms with Crippen molar-refractivity contribution < 1.29 is 61.3 Å². The molecule has 8 saturated heterocycles. The summed E-state index contributed by atoms with van der Waals surface area (Å²) in [4.78, 5) is 8.07. The summed E-state index contributed by atoms with van der Waals surface area (Å²) in [6, 6.07) is 0.441. The second kappa shape index (κ2) is 17.7. The zero-order valence-electron chi connectivity index (χ0n) is 31.2. The summed E-state index contributed by atoms with van der Waals surface area (Å²) in [5.41, 5.74) is 0. The average Bonchev–Trinajstić information content (AvgIpc) is 3.80. The predicted octanol–water partition coefficient (Wildman–Crippen LogP) is -4.26. The Kier molecular flexibility index (Phi) is 14.4. The third-order valence-electron chi connectivity index (χ3n) is 13.5. The minimum atomic E-state index is -0.780. The first-order chi connectivity index (χ1) is 24.4. The van der Waals surface area contributed by atoms with E-state index in [0.717, 1.165) is 51.4 Å². The van der Waals surface area contributed by atoms with Gasteiger partial charge < -0.3 is 61.3 Å². The van der Waals surface area contributed by atoms with Crippen LogP contribution in [0.1, 0.15) is 79.1 Å². The molecule has 8 heterocycles. The SMILES string of the molecule is CC1CCC(O)[C@@H]2C(O)[C@@H](O)CN12.CC1CCC(O)[C@@H]2C(O)[C@@H](O)CN12.C[C@@H]1CC[C@H](O)[C@H]2[C@H](O)[C@H](O)CN21.C[C@@H]1CC[C@H](O)[C@H]2[C@H](O)[C@H](O)CN21.